The Morgan fingerprint density at radius 3 is 1.00 bits per heavy atom. The van der Waals surface area contributed by atoms with Gasteiger partial charge in [-0.1, -0.05) is 273 Å². The van der Waals surface area contributed by atoms with Crippen molar-refractivity contribution in [2.75, 3.05) is 19.8 Å². The van der Waals surface area contributed by atoms with Gasteiger partial charge < -0.3 is 14.2 Å². The summed E-state index contributed by atoms with van der Waals surface area (Å²) in [5, 5.41) is 0. The van der Waals surface area contributed by atoms with E-state index in [1.165, 1.54) is 199 Å². The van der Waals surface area contributed by atoms with Gasteiger partial charge in [0.2, 0.25) is 0 Å². The summed E-state index contributed by atoms with van der Waals surface area (Å²) in [7, 11) is 0. The fourth-order valence-corrected chi connectivity index (χ4v) is 9.12. The van der Waals surface area contributed by atoms with E-state index in [0.29, 0.717) is 19.4 Å². The number of carbonyl (C=O) groups excluding carboxylic acids is 2. The van der Waals surface area contributed by atoms with E-state index >= 15 is 0 Å². The molecule has 0 aliphatic heterocycles. The molecule has 0 aliphatic carbocycles. The third-order valence-electron chi connectivity index (χ3n) is 13.9. The number of hydrogen-bond donors (Lipinski definition) is 0. The summed E-state index contributed by atoms with van der Waals surface area (Å²) in [4.78, 5) is 25.6. The van der Waals surface area contributed by atoms with E-state index in [9.17, 15) is 9.59 Å². The molecule has 0 radical (unpaired) electrons. The van der Waals surface area contributed by atoms with Crippen LogP contribution in [0.5, 0.6) is 0 Å². The monoisotopic (exact) mass is 1030 g/mol. The zero-order valence-electron chi connectivity index (χ0n) is 49.3. The molecule has 0 N–H and O–H groups in total. The van der Waals surface area contributed by atoms with Crippen molar-refractivity contribution >= 4 is 11.9 Å². The SMILES string of the molecule is CC/C=C\C/C=C\C/C=C\C/C=C\C/C=C\CCCCCC(=O)OCC(COCCCCCCCCCCCC/C=C\CCCCCCCC)OC(=O)CCCCCCCCCCC/C=C\CCCCCCCC. The second kappa shape index (κ2) is 64.4. The summed E-state index contributed by atoms with van der Waals surface area (Å²) in [6.45, 7) is 7.71. The molecule has 0 aromatic rings. The molecule has 0 heterocycles. The lowest BCUT2D eigenvalue weighted by atomic mass is 10.1. The lowest BCUT2D eigenvalue weighted by Gasteiger charge is -2.18. The van der Waals surface area contributed by atoms with Crippen LogP contribution in [0.1, 0.15) is 316 Å². The van der Waals surface area contributed by atoms with Crippen LogP contribution < -0.4 is 0 Å². The van der Waals surface area contributed by atoms with Gasteiger partial charge in [-0.2, -0.15) is 0 Å². The highest BCUT2D eigenvalue weighted by Crippen LogP contribution is 2.16. The van der Waals surface area contributed by atoms with E-state index in [1.807, 2.05) is 0 Å². The van der Waals surface area contributed by atoms with Gasteiger partial charge in [0.05, 0.1) is 6.61 Å². The molecule has 0 rings (SSSR count). The first kappa shape index (κ1) is 71.1. The number of carbonyl (C=O) groups is 2. The first-order valence-corrected chi connectivity index (χ1v) is 32.1. The van der Waals surface area contributed by atoms with Crippen molar-refractivity contribution in [1.29, 1.82) is 0 Å². The molecule has 0 spiro atoms. The highest BCUT2D eigenvalue weighted by molar-refractivity contribution is 5.70. The largest absolute Gasteiger partial charge is 0.462 e. The van der Waals surface area contributed by atoms with Gasteiger partial charge in [0.1, 0.15) is 6.61 Å². The van der Waals surface area contributed by atoms with Crippen LogP contribution in [0.15, 0.2) is 85.1 Å². The minimum atomic E-state index is -0.557. The summed E-state index contributed by atoms with van der Waals surface area (Å²) in [6.07, 6.45) is 86.2. The van der Waals surface area contributed by atoms with Crippen molar-refractivity contribution < 1.29 is 23.8 Å². The van der Waals surface area contributed by atoms with Crippen molar-refractivity contribution in [1.82, 2.24) is 0 Å². The Morgan fingerprint density at radius 2 is 0.608 bits per heavy atom. The Kier molecular flexibility index (Phi) is 61.8. The van der Waals surface area contributed by atoms with Gasteiger partial charge >= 0.3 is 11.9 Å². The van der Waals surface area contributed by atoms with Crippen LogP contribution in [0.4, 0.5) is 0 Å². The Balaban J connectivity index is 4.33. The molecule has 0 saturated heterocycles. The molecule has 428 valence electrons. The van der Waals surface area contributed by atoms with E-state index in [4.69, 9.17) is 14.2 Å². The Bertz CT molecular complexity index is 1350. The van der Waals surface area contributed by atoms with Crippen molar-refractivity contribution in [3.05, 3.63) is 85.1 Å². The number of allylic oxidation sites excluding steroid dienone is 14. The van der Waals surface area contributed by atoms with Gasteiger partial charge in [0.15, 0.2) is 6.10 Å². The molecular weight excluding hydrogens is 909 g/mol. The second-order valence-electron chi connectivity index (χ2n) is 21.3. The average Bonchev–Trinajstić information content (AvgIpc) is 3.40. The first-order chi connectivity index (χ1) is 36.6. The number of esters is 2. The predicted molar refractivity (Wildman–Crippen MR) is 325 cm³/mol. The first-order valence-electron chi connectivity index (χ1n) is 32.1. The molecule has 5 nitrogen and oxygen atoms in total. The minimum absolute atomic E-state index is 0.0655. The molecule has 5 heteroatoms. The van der Waals surface area contributed by atoms with Crippen LogP contribution in [0.3, 0.4) is 0 Å². The Labute approximate surface area is 460 Å². The molecular formula is C69H122O5. The fraction of sp³-hybridized carbons (Fsp3) is 0.768. The van der Waals surface area contributed by atoms with E-state index in [-0.39, 0.29) is 25.2 Å². The molecule has 0 amide bonds. The van der Waals surface area contributed by atoms with Crippen LogP contribution in [-0.4, -0.2) is 37.9 Å². The number of ether oxygens (including phenoxy) is 3. The molecule has 0 fully saturated rings. The molecule has 1 atom stereocenters. The lowest BCUT2D eigenvalue weighted by molar-refractivity contribution is -0.163. The summed E-state index contributed by atoms with van der Waals surface area (Å²) in [5.74, 6) is -0.427. The van der Waals surface area contributed by atoms with Crippen LogP contribution in [-0.2, 0) is 23.8 Å². The number of hydrogen-bond acceptors (Lipinski definition) is 5. The molecule has 0 aromatic carbocycles. The average molecular weight is 1030 g/mol. The lowest BCUT2D eigenvalue weighted by Crippen LogP contribution is -2.30. The predicted octanol–water partition coefficient (Wildman–Crippen LogP) is 22.4. The maximum atomic E-state index is 12.9. The highest BCUT2D eigenvalue weighted by atomic mass is 16.6. The fourth-order valence-electron chi connectivity index (χ4n) is 9.12. The zero-order valence-corrected chi connectivity index (χ0v) is 49.3. The maximum Gasteiger partial charge on any atom is 0.306 e. The summed E-state index contributed by atoms with van der Waals surface area (Å²) >= 11 is 0. The summed E-state index contributed by atoms with van der Waals surface area (Å²) < 4.78 is 17.5. The maximum absolute atomic E-state index is 12.9. The van der Waals surface area contributed by atoms with E-state index < -0.39 is 6.10 Å². The van der Waals surface area contributed by atoms with Gasteiger partial charge in [-0.15, -0.1) is 0 Å². The normalized spacial score (nSPS) is 12.7. The van der Waals surface area contributed by atoms with E-state index in [1.54, 1.807) is 0 Å². The standard InChI is InChI=1S/C69H122O5/c1-4-7-10-13-16-19-22-25-28-31-34-37-40-43-46-49-52-55-58-61-64-72-65-67(74-69(71)63-60-57-54-51-48-45-42-39-36-33-30-27-24-21-18-15-12-9-6-3)66-73-68(70)62-59-56-53-50-47-44-41-38-35-32-29-26-23-20-17-14-11-8-5-2/h8,11,17,20,25-30,35,38,44,47,67H,4-7,9-10,12-16,18-19,21-24,31-34,36-37,39-43,45-46,48-66H2,1-3H3/b11-8-,20-17-,28-25-,29-26-,30-27-,38-35-,47-44-. The van der Waals surface area contributed by atoms with Crippen molar-refractivity contribution in [3.8, 4) is 0 Å². The smallest absolute Gasteiger partial charge is 0.306 e. The molecule has 0 bridgehead atoms. The third-order valence-corrected chi connectivity index (χ3v) is 13.9. The van der Waals surface area contributed by atoms with Crippen molar-refractivity contribution in [2.45, 2.75) is 322 Å². The zero-order chi connectivity index (χ0) is 53.4. The molecule has 74 heavy (non-hydrogen) atoms. The topological polar surface area (TPSA) is 61.8 Å². The molecule has 0 aliphatic rings. The van der Waals surface area contributed by atoms with Gasteiger partial charge in [-0.3, -0.25) is 9.59 Å². The van der Waals surface area contributed by atoms with Crippen LogP contribution in [0.25, 0.3) is 0 Å². The van der Waals surface area contributed by atoms with Crippen LogP contribution >= 0.6 is 0 Å². The van der Waals surface area contributed by atoms with E-state index in [2.05, 4.69) is 106 Å². The van der Waals surface area contributed by atoms with Crippen molar-refractivity contribution in [2.24, 2.45) is 0 Å². The molecule has 0 saturated carbocycles. The van der Waals surface area contributed by atoms with Crippen molar-refractivity contribution in [3.63, 3.8) is 0 Å². The van der Waals surface area contributed by atoms with Gasteiger partial charge in [-0.05, 0) is 116 Å². The van der Waals surface area contributed by atoms with Gasteiger partial charge in [0.25, 0.3) is 0 Å². The minimum Gasteiger partial charge on any atom is -0.462 e. The molecule has 1 unspecified atom stereocenters. The Hall–Kier alpha value is -2.92. The van der Waals surface area contributed by atoms with E-state index in [0.717, 1.165) is 83.5 Å². The van der Waals surface area contributed by atoms with Crippen LogP contribution in [0.2, 0.25) is 0 Å². The molecule has 0 aromatic heterocycles. The highest BCUT2D eigenvalue weighted by Gasteiger charge is 2.17. The second-order valence-corrected chi connectivity index (χ2v) is 21.3. The summed E-state index contributed by atoms with van der Waals surface area (Å²) in [6, 6.07) is 0. The van der Waals surface area contributed by atoms with Gasteiger partial charge in [0, 0.05) is 19.4 Å². The summed E-state index contributed by atoms with van der Waals surface area (Å²) in [5.41, 5.74) is 0. The quantitative estimate of drug-likeness (QED) is 0.0345. The van der Waals surface area contributed by atoms with Crippen LogP contribution in [0, 0.1) is 0 Å². The third kappa shape index (κ3) is 61.6. The number of rotatable bonds is 59. The van der Waals surface area contributed by atoms with Gasteiger partial charge in [-0.25, -0.2) is 0 Å². The Morgan fingerprint density at radius 1 is 0.311 bits per heavy atom. The number of unbranched alkanes of at least 4 members (excludes halogenated alkanes) is 34.